The number of unbranched alkanes of at least 4 members (excludes halogenated alkanes) is 26. The Bertz CT molecular complexity index is 753. The van der Waals surface area contributed by atoms with Crippen molar-refractivity contribution in [3.8, 4) is 0 Å². The van der Waals surface area contributed by atoms with E-state index >= 15 is 0 Å². The number of hydrogen-bond donors (Lipinski definition) is 1. The molecule has 0 aliphatic heterocycles. The van der Waals surface area contributed by atoms with E-state index in [1.54, 1.807) is 0 Å². The molecule has 0 amide bonds. The van der Waals surface area contributed by atoms with Gasteiger partial charge in [0.1, 0.15) is 0 Å². The van der Waals surface area contributed by atoms with Crippen molar-refractivity contribution >= 4 is 23.0 Å². The maximum absolute atomic E-state index is 12.6. The Morgan fingerprint density at radius 2 is 0.849 bits per heavy atom. The lowest BCUT2D eigenvalue weighted by molar-refractivity contribution is -0.143. The lowest BCUT2D eigenvalue weighted by Gasteiger charge is -2.21. The van der Waals surface area contributed by atoms with Crippen molar-refractivity contribution in [2.45, 2.75) is 244 Å². The lowest BCUT2D eigenvalue weighted by Crippen LogP contribution is -2.29. The summed E-state index contributed by atoms with van der Waals surface area (Å²) in [6.07, 6.45) is 41.1. The van der Waals surface area contributed by atoms with Crippen LogP contribution in [0.15, 0.2) is 0 Å². The van der Waals surface area contributed by atoms with Gasteiger partial charge in [-0.25, -0.2) is 4.79 Å². The fourth-order valence-corrected chi connectivity index (χ4v) is 8.14. The minimum absolute atomic E-state index is 0.0207. The van der Waals surface area contributed by atoms with Crippen molar-refractivity contribution in [2.24, 2.45) is 0 Å². The van der Waals surface area contributed by atoms with E-state index in [2.05, 4.69) is 25.7 Å². The summed E-state index contributed by atoms with van der Waals surface area (Å²) in [7, 11) is 0. The SMILES string of the molecule is CCCCCCCCCCCC(CCCCCC)SC(=O)OCCCCCCCCN(CCO)CCCCCCCCOC(=O)CCCCCCCC. The number of hydrogen-bond acceptors (Lipinski definition) is 7. The Balaban J connectivity index is 3.84. The van der Waals surface area contributed by atoms with Gasteiger partial charge < -0.3 is 19.5 Å². The number of aliphatic hydroxyl groups excluding tert-OH is 1. The zero-order valence-corrected chi connectivity index (χ0v) is 36.6. The topological polar surface area (TPSA) is 76.1 Å². The second-order valence-electron chi connectivity index (χ2n) is 15.9. The molecule has 6 nitrogen and oxygen atoms in total. The molecule has 0 aliphatic carbocycles. The van der Waals surface area contributed by atoms with E-state index in [9.17, 15) is 14.7 Å². The third-order valence-electron chi connectivity index (χ3n) is 10.6. The van der Waals surface area contributed by atoms with Crippen LogP contribution in [0.3, 0.4) is 0 Å². The highest BCUT2D eigenvalue weighted by Crippen LogP contribution is 2.26. The molecule has 0 aliphatic rings. The van der Waals surface area contributed by atoms with Crippen LogP contribution in [-0.2, 0) is 14.3 Å². The second kappa shape index (κ2) is 43.9. The van der Waals surface area contributed by atoms with Crippen molar-refractivity contribution < 1.29 is 24.2 Å². The zero-order chi connectivity index (χ0) is 38.7. The largest absolute Gasteiger partial charge is 0.466 e. The Morgan fingerprint density at radius 1 is 0.472 bits per heavy atom. The van der Waals surface area contributed by atoms with Crippen LogP contribution in [0.5, 0.6) is 0 Å². The molecule has 0 aromatic heterocycles. The van der Waals surface area contributed by atoms with Crippen molar-refractivity contribution in [1.82, 2.24) is 4.90 Å². The first-order valence-electron chi connectivity index (χ1n) is 23.4. The summed E-state index contributed by atoms with van der Waals surface area (Å²) < 4.78 is 11.1. The van der Waals surface area contributed by atoms with Crippen molar-refractivity contribution in [1.29, 1.82) is 0 Å². The molecular formula is C46H91NO5S. The van der Waals surface area contributed by atoms with Gasteiger partial charge in [-0.1, -0.05) is 188 Å². The Labute approximate surface area is 334 Å². The van der Waals surface area contributed by atoms with E-state index in [0.717, 1.165) is 71.0 Å². The number of esters is 1. The number of nitrogens with zero attached hydrogens (tertiary/aromatic N) is 1. The zero-order valence-electron chi connectivity index (χ0n) is 35.8. The molecule has 1 N–H and O–H groups in total. The average molecular weight is 770 g/mol. The summed E-state index contributed by atoms with van der Waals surface area (Å²) >= 11 is 1.48. The fourth-order valence-electron chi connectivity index (χ4n) is 7.14. The molecule has 0 aromatic carbocycles. The van der Waals surface area contributed by atoms with Gasteiger partial charge in [-0.2, -0.15) is 0 Å². The van der Waals surface area contributed by atoms with Crippen LogP contribution in [0.1, 0.15) is 239 Å². The van der Waals surface area contributed by atoms with Crippen LogP contribution in [0.4, 0.5) is 4.79 Å². The first kappa shape index (κ1) is 52.2. The lowest BCUT2D eigenvalue weighted by atomic mass is 10.0. The van der Waals surface area contributed by atoms with Crippen molar-refractivity contribution in [3.63, 3.8) is 0 Å². The smallest absolute Gasteiger partial charge is 0.367 e. The quantitative estimate of drug-likeness (QED) is 0.0489. The molecule has 0 aromatic rings. The Hall–Kier alpha value is -0.790. The van der Waals surface area contributed by atoms with Gasteiger partial charge in [-0.05, 0) is 69.8 Å². The molecule has 53 heavy (non-hydrogen) atoms. The molecule has 1 unspecified atom stereocenters. The van der Waals surface area contributed by atoms with Gasteiger partial charge in [0, 0.05) is 18.2 Å². The third kappa shape index (κ3) is 40.7. The molecular weight excluding hydrogens is 679 g/mol. The predicted octanol–water partition coefficient (Wildman–Crippen LogP) is 14.4. The Kier molecular flexibility index (Phi) is 43.3. The van der Waals surface area contributed by atoms with Gasteiger partial charge in [0.05, 0.1) is 19.8 Å². The third-order valence-corrected chi connectivity index (χ3v) is 11.8. The first-order chi connectivity index (χ1) is 26.1. The van der Waals surface area contributed by atoms with Crippen LogP contribution in [0.2, 0.25) is 0 Å². The molecule has 0 saturated heterocycles. The molecule has 0 fully saturated rings. The van der Waals surface area contributed by atoms with Gasteiger partial charge in [0.15, 0.2) is 0 Å². The highest BCUT2D eigenvalue weighted by atomic mass is 32.2. The minimum atomic E-state index is -0.0537. The van der Waals surface area contributed by atoms with E-state index < -0.39 is 0 Å². The van der Waals surface area contributed by atoms with E-state index in [0.29, 0.717) is 24.9 Å². The van der Waals surface area contributed by atoms with Crippen molar-refractivity contribution in [2.75, 3.05) is 39.5 Å². The van der Waals surface area contributed by atoms with Crippen LogP contribution in [0.25, 0.3) is 0 Å². The number of thioether (sulfide) groups is 1. The Morgan fingerprint density at radius 3 is 1.32 bits per heavy atom. The summed E-state index contributed by atoms with van der Waals surface area (Å²) in [5.74, 6) is -0.0207. The average Bonchev–Trinajstić information content (AvgIpc) is 3.15. The number of ether oxygens (including phenoxy) is 2. The number of rotatable bonds is 43. The maximum Gasteiger partial charge on any atom is 0.367 e. The monoisotopic (exact) mass is 770 g/mol. The number of carbonyl (C=O) groups excluding carboxylic acids is 2. The standard InChI is InChI=1S/C46H91NO5S/c1-4-7-10-13-15-16-17-22-29-36-44(35-28-12-9-6-3)53-46(50)52-43-34-27-21-19-25-32-39-47(40-41-48)38-31-24-18-20-26-33-42-51-45(49)37-30-23-14-11-8-5-2/h44,48H,4-43H2,1-3H3. The minimum Gasteiger partial charge on any atom is -0.466 e. The molecule has 0 saturated carbocycles. The van der Waals surface area contributed by atoms with Gasteiger partial charge in [-0.15, -0.1) is 0 Å². The summed E-state index contributed by atoms with van der Waals surface area (Å²) in [6, 6.07) is 0. The van der Waals surface area contributed by atoms with Crippen LogP contribution in [0, 0.1) is 0 Å². The summed E-state index contributed by atoms with van der Waals surface area (Å²) in [4.78, 5) is 26.9. The number of carbonyl (C=O) groups is 2. The van der Waals surface area contributed by atoms with Gasteiger partial charge >= 0.3 is 11.3 Å². The van der Waals surface area contributed by atoms with E-state index in [1.165, 1.54) is 172 Å². The highest BCUT2D eigenvalue weighted by Gasteiger charge is 2.16. The second-order valence-corrected chi connectivity index (χ2v) is 17.1. The van der Waals surface area contributed by atoms with Crippen molar-refractivity contribution in [3.05, 3.63) is 0 Å². The van der Waals surface area contributed by atoms with Gasteiger partial charge in [0.2, 0.25) is 0 Å². The molecule has 316 valence electrons. The maximum atomic E-state index is 12.6. The molecule has 0 heterocycles. The van der Waals surface area contributed by atoms with E-state index in [-0.39, 0.29) is 17.9 Å². The summed E-state index contributed by atoms with van der Waals surface area (Å²) in [5.41, 5.74) is 0. The predicted molar refractivity (Wildman–Crippen MR) is 231 cm³/mol. The normalized spacial score (nSPS) is 12.1. The van der Waals surface area contributed by atoms with Crippen LogP contribution >= 0.6 is 11.8 Å². The molecule has 0 rings (SSSR count). The van der Waals surface area contributed by atoms with Crippen LogP contribution in [-0.4, -0.2) is 66.0 Å². The van der Waals surface area contributed by atoms with E-state index in [1.807, 2.05) is 0 Å². The first-order valence-corrected chi connectivity index (χ1v) is 24.3. The highest BCUT2D eigenvalue weighted by molar-refractivity contribution is 8.13. The molecule has 0 bridgehead atoms. The van der Waals surface area contributed by atoms with Crippen LogP contribution < -0.4 is 0 Å². The molecule has 1 atom stereocenters. The van der Waals surface area contributed by atoms with Gasteiger partial charge in [0.25, 0.3) is 0 Å². The molecule has 7 heteroatoms. The fraction of sp³-hybridized carbons (Fsp3) is 0.957. The molecule has 0 radical (unpaired) electrons. The van der Waals surface area contributed by atoms with Gasteiger partial charge in [-0.3, -0.25) is 4.79 Å². The summed E-state index contributed by atoms with van der Waals surface area (Å²) in [6.45, 7) is 11.0. The number of aliphatic hydroxyl groups is 1. The van der Waals surface area contributed by atoms with E-state index in [4.69, 9.17) is 9.47 Å². The summed E-state index contributed by atoms with van der Waals surface area (Å²) in [5, 5.41) is 9.90. The molecule has 0 spiro atoms.